The molecule has 0 aromatic carbocycles. The number of carbonyl (C=O) groups excluding carboxylic acids is 1. The molecule has 5 rings (SSSR count). The Morgan fingerprint density at radius 3 is 2.70 bits per heavy atom. The molecule has 0 aromatic rings. The Balaban J connectivity index is 1.47. The van der Waals surface area contributed by atoms with Crippen LogP contribution >= 0.6 is 0 Å². The smallest absolute Gasteiger partial charge is 0.309 e. The highest BCUT2D eigenvalue weighted by Gasteiger charge is 2.67. The van der Waals surface area contributed by atoms with E-state index in [2.05, 4.69) is 58.1 Å². The van der Waals surface area contributed by atoms with Crippen molar-refractivity contribution in [3.05, 3.63) is 23.3 Å². The average Bonchev–Trinajstić information content (AvgIpc) is 3.31. The van der Waals surface area contributed by atoms with E-state index in [9.17, 15) is 4.79 Å². The van der Waals surface area contributed by atoms with Gasteiger partial charge in [-0.1, -0.05) is 30.2 Å². The maximum Gasteiger partial charge on any atom is 0.309 e. The van der Waals surface area contributed by atoms with E-state index in [1.807, 2.05) is 6.08 Å². The zero-order valence-corrected chi connectivity index (χ0v) is 21.8. The highest BCUT2D eigenvalue weighted by molar-refractivity contribution is 5.71. The minimum atomic E-state index is -0.0222. The quantitative estimate of drug-likeness (QED) is 0.459. The Labute approximate surface area is 201 Å². The third-order valence-electron chi connectivity index (χ3n) is 10.9. The first kappa shape index (κ1) is 23.6. The SMILES string of the molecule is CC(C)=CCC(=O)OC1CC2C(CC=C3CC(N(C)C)CCC32C)C2CCC3C(C)NCC132. The van der Waals surface area contributed by atoms with Crippen LogP contribution in [0.4, 0.5) is 0 Å². The van der Waals surface area contributed by atoms with Crippen LogP contribution in [0.15, 0.2) is 23.3 Å². The van der Waals surface area contributed by atoms with Crippen molar-refractivity contribution in [2.24, 2.45) is 34.5 Å². The van der Waals surface area contributed by atoms with E-state index in [1.54, 1.807) is 5.57 Å². The summed E-state index contributed by atoms with van der Waals surface area (Å²) in [7, 11) is 4.47. The van der Waals surface area contributed by atoms with E-state index in [0.717, 1.165) is 18.9 Å². The van der Waals surface area contributed by atoms with Crippen molar-refractivity contribution >= 4 is 5.97 Å². The van der Waals surface area contributed by atoms with Gasteiger partial charge in [-0.25, -0.2) is 0 Å². The predicted octanol–water partition coefficient (Wildman–Crippen LogP) is 5.35. The monoisotopic (exact) mass is 454 g/mol. The van der Waals surface area contributed by atoms with Crippen LogP contribution in [0, 0.1) is 34.5 Å². The molecule has 4 aliphatic carbocycles. The van der Waals surface area contributed by atoms with Gasteiger partial charge < -0.3 is 15.0 Å². The highest BCUT2D eigenvalue weighted by atomic mass is 16.5. The number of nitrogens with one attached hydrogen (secondary N) is 1. The van der Waals surface area contributed by atoms with Gasteiger partial charge in [0.1, 0.15) is 6.10 Å². The Morgan fingerprint density at radius 1 is 1.21 bits per heavy atom. The second-order valence-electron chi connectivity index (χ2n) is 12.8. The zero-order valence-electron chi connectivity index (χ0n) is 21.8. The van der Waals surface area contributed by atoms with Gasteiger partial charge in [0.25, 0.3) is 0 Å². The highest BCUT2D eigenvalue weighted by Crippen LogP contribution is 2.68. The first-order valence-electron chi connectivity index (χ1n) is 13.6. The number of carbonyl (C=O) groups is 1. The van der Waals surface area contributed by atoms with Crippen LogP contribution < -0.4 is 5.32 Å². The molecule has 184 valence electrons. The van der Waals surface area contributed by atoms with Crippen molar-refractivity contribution < 1.29 is 9.53 Å². The summed E-state index contributed by atoms with van der Waals surface area (Å²) in [4.78, 5) is 15.4. The van der Waals surface area contributed by atoms with E-state index in [-0.39, 0.29) is 22.9 Å². The van der Waals surface area contributed by atoms with Gasteiger partial charge in [0.2, 0.25) is 0 Å². The van der Waals surface area contributed by atoms with Crippen LogP contribution in [0.1, 0.15) is 79.1 Å². The topological polar surface area (TPSA) is 41.6 Å². The predicted molar refractivity (Wildman–Crippen MR) is 134 cm³/mol. The average molecular weight is 455 g/mol. The third kappa shape index (κ3) is 3.66. The van der Waals surface area contributed by atoms with Crippen molar-refractivity contribution in [1.82, 2.24) is 10.2 Å². The van der Waals surface area contributed by atoms with Crippen LogP contribution in [0.2, 0.25) is 0 Å². The molecule has 9 unspecified atom stereocenters. The number of rotatable bonds is 4. The van der Waals surface area contributed by atoms with Gasteiger partial charge in [-0.05, 0) is 109 Å². The van der Waals surface area contributed by atoms with Crippen LogP contribution in [-0.2, 0) is 9.53 Å². The summed E-state index contributed by atoms with van der Waals surface area (Å²) < 4.78 is 6.49. The fourth-order valence-electron chi connectivity index (χ4n) is 9.13. The number of fused-ring (bicyclic) bond motifs is 4. The Hall–Kier alpha value is -1.13. The van der Waals surface area contributed by atoms with E-state index in [0.29, 0.717) is 36.3 Å². The second kappa shape index (κ2) is 8.52. The largest absolute Gasteiger partial charge is 0.461 e. The fourth-order valence-corrected chi connectivity index (χ4v) is 9.13. The standard InChI is InChI=1S/C29H46N2O2/c1-18(2)7-12-27(32)33-26-16-25-22(24-11-10-23-19(3)30-17-29(23,24)26)9-8-20-15-21(31(5)6)13-14-28(20,25)4/h7-8,19,21-26,30H,9-17H2,1-6H3. The maximum absolute atomic E-state index is 13.0. The summed E-state index contributed by atoms with van der Waals surface area (Å²) in [6, 6.07) is 1.20. The molecule has 0 radical (unpaired) electrons. The van der Waals surface area contributed by atoms with Gasteiger partial charge >= 0.3 is 5.97 Å². The summed E-state index contributed by atoms with van der Waals surface area (Å²) in [5.74, 6) is 2.70. The molecule has 9 atom stereocenters. The molecule has 0 amide bonds. The molecule has 1 saturated heterocycles. The molecule has 1 N–H and O–H groups in total. The normalized spacial score (nSPS) is 46.0. The van der Waals surface area contributed by atoms with Crippen LogP contribution in [0.5, 0.6) is 0 Å². The third-order valence-corrected chi connectivity index (χ3v) is 10.9. The second-order valence-corrected chi connectivity index (χ2v) is 12.8. The van der Waals surface area contributed by atoms with Crippen molar-refractivity contribution in [1.29, 1.82) is 0 Å². The summed E-state index contributed by atoms with van der Waals surface area (Å²) >= 11 is 0. The van der Waals surface area contributed by atoms with E-state index in [1.165, 1.54) is 44.1 Å². The number of esters is 1. The summed E-state index contributed by atoms with van der Waals surface area (Å²) in [5, 5.41) is 3.82. The molecule has 0 bridgehead atoms. The first-order chi connectivity index (χ1) is 15.7. The molecular weight excluding hydrogens is 408 g/mol. The maximum atomic E-state index is 13.0. The molecule has 4 fully saturated rings. The Bertz CT molecular complexity index is 843. The zero-order chi connectivity index (χ0) is 23.5. The van der Waals surface area contributed by atoms with Crippen molar-refractivity contribution in [2.75, 3.05) is 20.6 Å². The van der Waals surface area contributed by atoms with Gasteiger partial charge in [-0.2, -0.15) is 0 Å². The molecule has 1 spiro atoms. The lowest BCUT2D eigenvalue weighted by molar-refractivity contribution is -0.177. The Kier molecular flexibility index (Phi) is 6.09. The number of allylic oxidation sites excluding steroid dienone is 2. The van der Waals surface area contributed by atoms with Gasteiger partial charge in [-0.3, -0.25) is 4.79 Å². The van der Waals surface area contributed by atoms with E-state index >= 15 is 0 Å². The van der Waals surface area contributed by atoms with E-state index in [4.69, 9.17) is 4.74 Å². The van der Waals surface area contributed by atoms with Gasteiger partial charge in [0.05, 0.1) is 6.42 Å². The van der Waals surface area contributed by atoms with Crippen LogP contribution in [-0.4, -0.2) is 49.7 Å². The number of nitrogens with zero attached hydrogens (tertiary/aromatic N) is 1. The number of hydrogen-bond donors (Lipinski definition) is 1. The van der Waals surface area contributed by atoms with Gasteiger partial charge in [-0.15, -0.1) is 0 Å². The lowest BCUT2D eigenvalue weighted by atomic mass is 9.46. The first-order valence-corrected chi connectivity index (χ1v) is 13.6. The van der Waals surface area contributed by atoms with Crippen LogP contribution in [0.3, 0.4) is 0 Å². The Morgan fingerprint density at radius 2 is 1.97 bits per heavy atom. The van der Waals surface area contributed by atoms with E-state index < -0.39 is 0 Å². The van der Waals surface area contributed by atoms with Crippen LogP contribution in [0.25, 0.3) is 0 Å². The number of hydrogen-bond acceptors (Lipinski definition) is 4. The minimum Gasteiger partial charge on any atom is -0.461 e. The van der Waals surface area contributed by atoms with Gasteiger partial charge in [0, 0.05) is 24.0 Å². The lowest BCUT2D eigenvalue weighted by Crippen LogP contribution is -2.59. The minimum absolute atomic E-state index is 0.0222. The van der Waals surface area contributed by atoms with Crippen molar-refractivity contribution in [3.8, 4) is 0 Å². The summed E-state index contributed by atoms with van der Waals surface area (Å²) in [5.41, 5.74) is 3.31. The number of ether oxygens (including phenoxy) is 1. The lowest BCUT2D eigenvalue weighted by Gasteiger charge is -2.60. The summed E-state index contributed by atoms with van der Waals surface area (Å²) in [6.07, 6.45) is 13.8. The molecule has 4 nitrogen and oxygen atoms in total. The fraction of sp³-hybridized carbons (Fsp3) is 0.828. The molecule has 3 saturated carbocycles. The molecule has 0 aromatic heterocycles. The molecule has 5 aliphatic rings. The molecule has 4 heteroatoms. The molecule has 1 heterocycles. The van der Waals surface area contributed by atoms with Crippen molar-refractivity contribution in [2.45, 2.75) is 97.2 Å². The molecule has 33 heavy (non-hydrogen) atoms. The van der Waals surface area contributed by atoms with Crippen molar-refractivity contribution in [3.63, 3.8) is 0 Å². The van der Waals surface area contributed by atoms with Gasteiger partial charge in [0.15, 0.2) is 0 Å². The summed E-state index contributed by atoms with van der Waals surface area (Å²) in [6.45, 7) is 10.1. The molecular formula is C29H46N2O2. The molecule has 1 aliphatic heterocycles.